The summed E-state index contributed by atoms with van der Waals surface area (Å²) in [6.45, 7) is 0.555. The molecule has 1 aromatic carbocycles. The van der Waals surface area contributed by atoms with Crippen molar-refractivity contribution in [1.29, 1.82) is 0 Å². The van der Waals surface area contributed by atoms with Gasteiger partial charge in [0.2, 0.25) is 0 Å². The van der Waals surface area contributed by atoms with Gasteiger partial charge in [0.25, 0.3) is 5.91 Å². The summed E-state index contributed by atoms with van der Waals surface area (Å²) in [5, 5.41) is 2.73. The molecule has 0 aliphatic heterocycles. The summed E-state index contributed by atoms with van der Waals surface area (Å²) in [4.78, 5) is 27.5. The van der Waals surface area contributed by atoms with Gasteiger partial charge in [0.05, 0.1) is 17.7 Å². The molecule has 0 aliphatic carbocycles. The molecular formula is C16H16N2O4. The van der Waals surface area contributed by atoms with Crippen molar-refractivity contribution in [3.8, 4) is 0 Å². The van der Waals surface area contributed by atoms with Gasteiger partial charge < -0.3 is 14.8 Å². The first kappa shape index (κ1) is 15.7. The van der Waals surface area contributed by atoms with Gasteiger partial charge in [-0.05, 0) is 36.4 Å². The average Bonchev–Trinajstić information content (AvgIpc) is 2.56. The van der Waals surface area contributed by atoms with Crippen LogP contribution in [0.2, 0.25) is 0 Å². The van der Waals surface area contributed by atoms with Gasteiger partial charge in [-0.15, -0.1) is 0 Å². The van der Waals surface area contributed by atoms with E-state index in [-0.39, 0.29) is 12.5 Å². The van der Waals surface area contributed by atoms with Crippen LogP contribution in [0.5, 0.6) is 0 Å². The average molecular weight is 300 g/mol. The molecule has 0 radical (unpaired) electrons. The Morgan fingerprint density at radius 2 is 1.86 bits per heavy atom. The molecule has 0 spiro atoms. The van der Waals surface area contributed by atoms with Crippen LogP contribution in [0.4, 0.5) is 5.69 Å². The summed E-state index contributed by atoms with van der Waals surface area (Å²) < 4.78 is 9.80. The van der Waals surface area contributed by atoms with E-state index < -0.39 is 5.97 Å². The van der Waals surface area contributed by atoms with E-state index in [2.05, 4.69) is 10.3 Å². The molecule has 0 atom stereocenters. The number of esters is 1. The third kappa shape index (κ3) is 4.39. The van der Waals surface area contributed by atoms with Crippen LogP contribution < -0.4 is 5.32 Å². The second-order valence-corrected chi connectivity index (χ2v) is 4.40. The van der Waals surface area contributed by atoms with E-state index in [4.69, 9.17) is 9.47 Å². The van der Waals surface area contributed by atoms with Crippen LogP contribution >= 0.6 is 0 Å². The highest BCUT2D eigenvalue weighted by atomic mass is 16.6. The monoisotopic (exact) mass is 300 g/mol. The fraction of sp³-hybridized carbons (Fsp3) is 0.188. The van der Waals surface area contributed by atoms with Gasteiger partial charge in [0.15, 0.2) is 0 Å². The third-order valence-corrected chi connectivity index (χ3v) is 2.82. The molecule has 6 heteroatoms. The maximum atomic E-state index is 12.0. The summed E-state index contributed by atoms with van der Waals surface area (Å²) in [6.07, 6.45) is 3.08. The van der Waals surface area contributed by atoms with Crippen molar-refractivity contribution in [2.75, 3.05) is 25.6 Å². The predicted molar refractivity (Wildman–Crippen MR) is 80.8 cm³/mol. The second-order valence-electron chi connectivity index (χ2n) is 4.40. The van der Waals surface area contributed by atoms with E-state index in [1.165, 1.54) is 13.3 Å². The number of rotatable bonds is 6. The van der Waals surface area contributed by atoms with E-state index in [1.54, 1.807) is 42.6 Å². The minimum Gasteiger partial charge on any atom is -0.460 e. The normalized spacial score (nSPS) is 10.0. The maximum Gasteiger partial charge on any atom is 0.338 e. The fourth-order valence-electron chi connectivity index (χ4n) is 1.69. The Morgan fingerprint density at radius 3 is 2.50 bits per heavy atom. The Hall–Kier alpha value is -2.73. The lowest BCUT2D eigenvalue weighted by atomic mass is 10.2. The Kier molecular flexibility index (Phi) is 5.62. The molecule has 0 unspecified atom stereocenters. The zero-order valence-corrected chi connectivity index (χ0v) is 12.1. The number of nitrogens with zero attached hydrogens (tertiary/aromatic N) is 1. The Bertz CT molecular complexity index is 626. The number of hydrogen-bond acceptors (Lipinski definition) is 5. The highest BCUT2D eigenvalue weighted by Gasteiger charge is 2.09. The number of nitrogens with one attached hydrogen (secondary N) is 1. The number of hydrogen-bond donors (Lipinski definition) is 1. The van der Waals surface area contributed by atoms with Gasteiger partial charge in [-0.3, -0.25) is 9.78 Å². The lowest BCUT2D eigenvalue weighted by Crippen LogP contribution is -2.13. The van der Waals surface area contributed by atoms with Gasteiger partial charge in [-0.2, -0.15) is 0 Å². The minimum absolute atomic E-state index is 0.203. The fourth-order valence-corrected chi connectivity index (χ4v) is 1.69. The molecule has 2 aromatic rings. The van der Waals surface area contributed by atoms with E-state index in [0.29, 0.717) is 23.4 Å². The number of anilines is 1. The van der Waals surface area contributed by atoms with Crippen molar-refractivity contribution in [3.05, 3.63) is 59.9 Å². The van der Waals surface area contributed by atoms with E-state index in [0.717, 1.165) is 0 Å². The van der Waals surface area contributed by atoms with Crippen molar-refractivity contribution < 1.29 is 19.1 Å². The zero-order chi connectivity index (χ0) is 15.8. The number of ether oxygens (including phenoxy) is 2. The van der Waals surface area contributed by atoms with Crippen molar-refractivity contribution in [1.82, 2.24) is 4.98 Å². The molecule has 0 saturated heterocycles. The topological polar surface area (TPSA) is 77.5 Å². The summed E-state index contributed by atoms with van der Waals surface area (Å²) in [7, 11) is 1.54. The van der Waals surface area contributed by atoms with Crippen molar-refractivity contribution in [2.45, 2.75) is 0 Å². The smallest absolute Gasteiger partial charge is 0.338 e. The van der Waals surface area contributed by atoms with E-state index in [1.807, 2.05) is 0 Å². The molecule has 0 fully saturated rings. The number of methoxy groups -OCH3 is 1. The SMILES string of the molecule is COCCOC(=O)c1ccc(NC(=O)c2cccnc2)cc1. The molecule has 0 saturated carbocycles. The first-order valence-electron chi connectivity index (χ1n) is 6.68. The standard InChI is InChI=1S/C16H16N2O4/c1-21-9-10-22-16(20)12-4-6-14(7-5-12)18-15(19)13-3-2-8-17-11-13/h2-8,11H,9-10H2,1H3,(H,18,19). The third-order valence-electron chi connectivity index (χ3n) is 2.82. The number of pyridine rings is 1. The van der Waals surface area contributed by atoms with Crippen LogP contribution in [-0.2, 0) is 9.47 Å². The number of carbonyl (C=O) groups is 2. The summed E-state index contributed by atoms with van der Waals surface area (Å²) in [5.74, 6) is -0.689. The quantitative estimate of drug-likeness (QED) is 0.653. The number of amides is 1. The molecule has 1 heterocycles. The van der Waals surface area contributed by atoms with Gasteiger partial charge >= 0.3 is 5.97 Å². The summed E-state index contributed by atoms with van der Waals surface area (Å²) in [6, 6.07) is 9.82. The van der Waals surface area contributed by atoms with Crippen LogP contribution in [-0.4, -0.2) is 37.2 Å². The highest BCUT2D eigenvalue weighted by Crippen LogP contribution is 2.12. The van der Waals surface area contributed by atoms with Gasteiger partial charge in [-0.25, -0.2) is 4.79 Å². The minimum atomic E-state index is -0.429. The second kappa shape index (κ2) is 7.90. The largest absolute Gasteiger partial charge is 0.460 e. The Balaban J connectivity index is 1.94. The number of benzene rings is 1. The first-order chi connectivity index (χ1) is 10.7. The lowest BCUT2D eigenvalue weighted by molar-refractivity contribution is 0.0388. The van der Waals surface area contributed by atoms with Crippen LogP contribution in [0, 0.1) is 0 Å². The highest BCUT2D eigenvalue weighted by molar-refractivity contribution is 6.04. The molecular weight excluding hydrogens is 284 g/mol. The molecule has 22 heavy (non-hydrogen) atoms. The first-order valence-corrected chi connectivity index (χ1v) is 6.68. The summed E-state index contributed by atoms with van der Waals surface area (Å²) in [5.41, 5.74) is 1.46. The molecule has 0 bridgehead atoms. The Labute approximate surface area is 128 Å². The van der Waals surface area contributed by atoms with Crippen LogP contribution in [0.1, 0.15) is 20.7 Å². The lowest BCUT2D eigenvalue weighted by Gasteiger charge is -2.07. The van der Waals surface area contributed by atoms with E-state index in [9.17, 15) is 9.59 Å². The number of aromatic nitrogens is 1. The number of carbonyl (C=O) groups excluding carboxylic acids is 2. The molecule has 1 aromatic heterocycles. The van der Waals surface area contributed by atoms with Crippen molar-refractivity contribution in [2.24, 2.45) is 0 Å². The van der Waals surface area contributed by atoms with Crippen LogP contribution in [0.15, 0.2) is 48.8 Å². The van der Waals surface area contributed by atoms with Gasteiger partial charge in [0, 0.05) is 25.2 Å². The summed E-state index contributed by atoms with van der Waals surface area (Å²) >= 11 is 0. The molecule has 114 valence electrons. The molecule has 1 amide bonds. The van der Waals surface area contributed by atoms with Gasteiger partial charge in [0.1, 0.15) is 6.61 Å². The molecule has 0 aliphatic rings. The zero-order valence-electron chi connectivity index (χ0n) is 12.1. The van der Waals surface area contributed by atoms with E-state index >= 15 is 0 Å². The maximum absolute atomic E-state index is 12.0. The van der Waals surface area contributed by atoms with Crippen LogP contribution in [0.25, 0.3) is 0 Å². The van der Waals surface area contributed by atoms with Crippen molar-refractivity contribution >= 4 is 17.6 Å². The molecule has 2 rings (SSSR count). The van der Waals surface area contributed by atoms with Crippen molar-refractivity contribution in [3.63, 3.8) is 0 Å². The van der Waals surface area contributed by atoms with Crippen LogP contribution in [0.3, 0.4) is 0 Å². The molecule has 1 N–H and O–H groups in total. The Morgan fingerprint density at radius 1 is 1.09 bits per heavy atom. The van der Waals surface area contributed by atoms with Gasteiger partial charge in [-0.1, -0.05) is 0 Å². The molecule has 6 nitrogen and oxygen atoms in total. The predicted octanol–water partition coefficient (Wildman–Crippen LogP) is 2.14.